The zero-order valence-corrected chi connectivity index (χ0v) is 11.9. The van der Waals surface area contributed by atoms with Gasteiger partial charge in [-0.3, -0.25) is 4.79 Å². The maximum absolute atomic E-state index is 11.6. The van der Waals surface area contributed by atoms with Crippen molar-refractivity contribution in [3.8, 4) is 0 Å². The molecule has 0 aliphatic carbocycles. The maximum Gasteiger partial charge on any atom is 0.136 e. The zero-order valence-electron chi connectivity index (χ0n) is 9.44. The number of carbonyl (C=O) groups excluding carboxylic acids is 1. The number of ketones is 1. The molecule has 0 N–H and O–H groups in total. The first kappa shape index (κ1) is 13.3. The third kappa shape index (κ3) is 3.09. The lowest BCUT2D eigenvalue weighted by atomic mass is 9.82. The number of rotatable bonds is 2. The first-order valence-electron chi connectivity index (χ1n) is 4.78. The summed E-state index contributed by atoms with van der Waals surface area (Å²) in [5.74, 6) is 0.327. The quantitative estimate of drug-likeness (QED) is 0.717. The highest BCUT2D eigenvalue weighted by atomic mass is 32.8. The van der Waals surface area contributed by atoms with Gasteiger partial charge in [-0.15, -0.1) is 3.77 Å². The van der Waals surface area contributed by atoms with Crippen LogP contribution in [0.3, 0.4) is 0 Å². The van der Waals surface area contributed by atoms with Crippen LogP contribution < -0.4 is 0 Å². The number of carbonyl (C=O) groups is 1. The number of Topliss-reactive ketones (excluding diaryl/α,β-unsaturated/α-hetero) is 1. The molecule has 1 aliphatic rings. The van der Waals surface area contributed by atoms with Crippen molar-refractivity contribution in [2.45, 2.75) is 51.6 Å². The van der Waals surface area contributed by atoms with Crippen molar-refractivity contribution in [3.63, 3.8) is 0 Å². The van der Waals surface area contributed by atoms with Gasteiger partial charge in [-0.25, -0.2) is 4.31 Å². The Kier molecular flexibility index (Phi) is 4.08. The Morgan fingerprint density at radius 3 is 2.13 bits per heavy atom. The van der Waals surface area contributed by atoms with E-state index in [-0.39, 0.29) is 11.1 Å². The van der Waals surface area contributed by atoms with Crippen LogP contribution in [0, 0.1) is 0 Å². The highest BCUT2D eigenvalue weighted by Crippen LogP contribution is 2.41. The summed E-state index contributed by atoms with van der Waals surface area (Å²) in [5, 5.41) is 0. The minimum absolute atomic E-state index is 0.155. The molecule has 1 fully saturated rings. The van der Waals surface area contributed by atoms with Crippen molar-refractivity contribution in [1.82, 2.24) is 4.31 Å². The fourth-order valence-electron chi connectivity index (χ4n) is 2.26. The minimum Gasteiger partial charge on any atom is -0.300 e. The molecule has 0 saturated carbocycles. The number of piperidine rings is 1. The third-order valence-corrected chi connectivity index (χ3v) is 4.71. The Balaban J connectivity index is 2.96. The SMILES string of the molecule is CC1(C)CC(=O)CC(C)(C)N1SN=S=S. The standard InChI is InChI=1S/C9H16N2OS3/c1-8(2)5-7(12)6-9(3,4)11(8)14-10-15-13/h5-6H2,1-4H3. The lowest BCUT2D eigenvalue weighted by Gasteiger charge is -2.49. The monoisotopic (exact) mass is 264 g/mol. The normalized spacial score (nSPS) is 24.9. The molecule has 0 unspecified atom stereocenters. The number of nitrogens with zero attached hydrogens (tertiary/aromatic N) is 2. The van der Waals surface area contributed by atoms with Crippen LogP contribution in [0.1, 0.15) is 40.5 Å². The van der Waals surface area contributed by atoms with Gasteiger partial charge in [-0.1, -0.05) is 0 Å². The Morgan fingerprint density at radius 1 is 1.27 bits per heavy atom. The van der Waals surface area contributed by atoms with Crippen molar-refractivity contribution >= 4 is 39.2 Å². The minimum atomic E-state index is -0.155. The number of hydrogen-bond acceptors (Lipinski definition) is 5. The summed E-state index contributed by atoms with van der Waals surface area (Å²) in [6.07, 6.45) is 1.17. The predicted octanol–water partition coefficient (Wildman–Crippen LogP) is 2.50. The van der Waals surface area contributed by atoms with Gasteiger partial charge in [0.1, 0.15) is 5.78 Å². The van der Waals surface area contributed by atoms with Gasteiger partial charge in [0.05, 0.1) is 12.1 Å². The molecule has 1 aliphatic heterocycles. The molecule has 0 atom stereocenters. The summed E-state index contributed by atoms with van der Waals surface area (Å²) in [6, 6.07) is 0. The van der Waals surface area contributed by atoms with Gasteiger partial charge in [-0.2, -0.15) is 0 Å². The van der Waals surface area contributed by atoms with Gasteiger partial charge in [0, 0.05) is 45.2 Å². The molecule has 6 heteroatoms. The molecule has 15 heavy (non-hydrogen) atoms. The average Bonchev–Trinajstić information content (AvgIpc) is 1.98. The lowest BCUT2D eigenvalue weighted by Crippen LogP contribution is -2.57. The molecule has 0 radical (unpaired) electrons. The van der Waals surface area contributed by atoms with Gasteiger partial charge in [0.25, 0.3) is 0 Å². The van der Waals surface area contributed by atoms with E-state index in [4.69, 9.17) is 11.2 Å². The zero-order chi connectivity index (χ0) is 11.7. The molecule has 0 amide bonds. The number of hydrogen-bond donors (Lipinski definition) is 0. The molecule has 3 nitrogen and oxygen atoms in total. The van der Waals surface area contributed by atoms with Crippen LogP contribution in [0.4, 0.5) is 0 Å². The Hall–Kier alpha value is 0.220. The maximum atomic E-state index is 11.6. The van der Waals surface area contributed by atoms with Crippen molar-refractivity contribution in [1.29, 1.82) is 0 Å². The third-order valence-electron chi connectivity index (χ3n) is 2.50. The largest absolute Gasteiger partial charge is 0.300 e. The van der Waals surface area contributed by atoms with Crippen LogP contribution in [0.15, 0.2) is 3.77 Å². The lowest BCUT2D eigenvalue weighted by molar-refractivity contribution is -0.127. The Labute approximate surface area is 104 Å². The summed E-state index contributed by atoms with van der Waals surface area (Å²) in [5.41, 5.74) is -0.309. The molecule has 0 aromatic carbocycles. The fraction of sp³-hybridized carbons (Fsp3) is 0.889. The summed E-state index contributed by atoms with van der Waals surface area (Å²) >= 11 is 6.11. The average molecular weight is 264 g/mol. The molecule has 1 heterocycles. The van der Waals surface area contributed by atoms with Gasteiger partial charge in [-0.05, 0) is 27.7 Å². The molecule has 1 rings (SSSR count). The van der Waals surface area contributed by atoms with Gasteiger partial charge in [0.2, 0.25) is 0 Å². The second-order valence-corrected chi connectivity index (χ2v) is 6.76. The second kappa shape index (κ2) is 4.61. The molecule has 0 aromatic rings. The van der Waals surface area contributed by atoms with Crippen LogP contribution in [0.2, 0.25) is 0 Å². The Morgan fingerprint density at radius 2 is 1.73 bits per heavy atom. The fourth-order valence-corrected chi connectivity index (χ4v) is 3.45. The molecule has 0 spiro atoms. The van der Waals surface area contributed by atoms with E-state index < -0.39 is 0 Å². The van der Waals surface area contributed by atoms with Crippen LogP contribution in [0.5, 0.6) is 0 Å². The van der Waals surface area contributed by atoms with E-state index in [9.17, 15) is 4.79 Å². The van der Waals surface area contributed by atoms with E-state index >= 15 is 0 Å². The highest BCUT2D eigenvalue weighted by Gasteiger charge is 2.45. The first-order valence-corrected chi connectivity index (χ1v) is 7.21. The van der Waals surface area contributed by atoms with Crippen LogP contribution in [0.25, 0.3) is 0 Å². The van der Waals surface area contributed by atoms with E-state index in [1.54, 1.807) is 0 Å². The van der Waals surface area contributed by atoms with Crippen molar-refractivity contribution in [3.05, 3.63) is 0 Å². The highest BCUT2D eigenvalue weighted by molar-refractivity contribution is 8.16. The second-order valence-electron chi connectivity index (χ2n) is 5.04. The topological polar surface area (TPSA) is 32.7 Å². The van der Waals surface area contributed by atoms with Crippen molar-refractivity contribution < 1.29 is 4.79 Å². The van der Waals surface area contributed by atoms with Gasteiger partial charge >= 0.3 is 0 Å². The van der Waals surface area contributed by atoms with Crippen LogP contribution in [-0.2, 0) is 26.1 Å². The van der Waals surface area contributed by atoms with E-state index in [1.165, 1.54) is 12.1 Å². The van der Waals surface area contributed by atoms with E-state index in [0.717, 1.165) is 10.1 Å². The molecular formula is C9H16N2OS3. The smallest absolute Gasteiger partial charge is 0.136 e. The molecule has 1 saturated heterocycles. The van der Waals surface area contributed by atoms with E-state index in [1.807, 2.05) is 0 Å². The molecule has 86 valence electrons. The molecule has 0 bridgehead atoms. The summed E-state index contributed by atoms with van der Waals surface area (Å²) in [7, 11) is 1.04. The van der Waals surface area contributed by atoms with E-state index in [0.29, 0.717) is 18.6 Å². The van der Waals surface area contributed by atoms with Gasteiger partial charge in [0.15, 0.2) is 0 Å². The summed E-state index contributed by atoms with van der Waals surface area (Å²) < 4.78 is 6.26. The van der Waals surface area contributed by atoms with Gasteiger partial charge < -0.3 is 0 Å². The van der Waals surface area contributed by atoms with Crippen LogP contribution in [-0.4, -0.2) is 21.2 Å². The summed E-state index contributed by atoms with van der Waals surface area (Å²) in [4.78, 5) is 11.6. The van der Waals surface area contributed by atoms with Crippen molar-refractivity contribution in [2.75, 3.05) is 0 Å². The van der Waals surface area contributed by atoms with E-state index in [2.05, 4.69) is 35.8 Å². The van der Waals surface area contributed by atoms with Crippen molar-refractivity contribution in [2.24, 2.45) is 3.77 Å². The Bertz CT molecular complexity index is 301. The molecular weight excluding hydrogens is 248 g/mol. The summed E-state index contributed by atoms with van der Waals surface area (Å²) in [6.45, 7) is 8.29. The predicted molar refractivity (Wildman–Crippen MR) is 69.0 cm³/mol. The first-order chi connectivity index (χ1) is 6.79. The molecule has 0 aromatic heterocycles. The van der Waals surface area contributed by atoms with Crippen LogP contribution >= 0.6 is 12.1 Å².